The molecule has 0 bridgehead atoms. The van der Waals surface area contributed by atoms with Crippen molar-refractivity contribution in [3.05, 3.63) is 16.7 Å². The first-order chi connectivity index (χ1) is 13.4. The third-order valence-corrected chi connectivity index (χ3v) is 4.63. The SMILES string of the molecule is NCCCC[C@H](N)C(=O)OC[C@H]1O[C@@H](n2cnc3c(=O)[nH]c(N)nc32)C[C@@H]1O. The average Bonchev–Trinajstić information content (AvgIpc) is 3.23. The number of aromatic nitrogens is 4. The Morgan fingerprint density at radius 3 is 3.04 bits per heavy atom. The van der Waals surface area contributed by atoms with Gasteiger partial charge in [0.05, 0.1) is 12.4 Å². The summed E-state index contributed by atoms with van der Waals surface area (Å²) in [5, 5.41) is 10.3. The first-order valence-corrected chi connectivity index (χ1v) is 9.08. The summed E-state index contributed by atoms with van der Waals surface area (Å²) in [4.78, 5) is 34.3. The number of esters is 1. The van der Waals surface area contributed by atoms with Crippen LogP contribution in [0.1, 0.15) is 31.9 Å². The van der Waals surface area contributed by atoms with Crippen LogP contribution >= 0.6 is 0 Å². The van der Waals surface area contributed by atoms with Crippen LogP contribution in [0.3, 0.4) is 0 Å². The molecule has 8 N–H and O–H groups in total. The van der Waals surface area contributed by atoms with Crippen LogP contribution in [0.15, 0.2) is 11.1 Å². The zero-order valence-corrected chi connectivity index (χ0v) is 15.3. The molecular weight excluding hydrogens is 370 g/mol. The van der Waals surface area contributed by atoms with Gasteiger partial charge in [-0.15, -0.1) is 0 Å². The van der Waals surface area contributed by atoms with Gasteiger partial charge in [0.25, 0.3) is 5.56 Å². The van der Waals surface area contributed by atoms with Crippen LogP contribution in [0.4, 0.5) is 5.95 Å². The summed E-state index contributed by atoms with van der Waals surface area (Å²) in [6, 6.07) is -0.739. The molecule has 154 valence electrons. The van der Waals surface area contributed by atoms with Crippen molar-refractivity contribution in [1.29, 1.82) is 0 Å². The van der Waals surface area contributed by atoms with Crippen molar-refractivity contribution in [3.63, 3.8) is 0 Å². The predicted octanol–water partition coefficient (Wildman–Crippen LogP) is -1.65. The van der Waals surface area contributed by atoms with E-state index < -0.39 is 36.0 Å². The largest absolute Gasteiger partial charge is 0.462 e. The van der Waals surface area contributed by atoms with Crippen LogP contribution in [0.5, 0.6) is 0 Å². The maximum Gasteiger partial charge on any atom is 0.323 e. The molecule has 3 heterocycles. The topological polar surface area (TPSA) is 197 Å². The first kappa shape index (κ1) is 20.2. The van der Waals surface area contributed by atoms with E-state index in [1.54, 1.807) is 0 Å². The molecule has 1 saturated heterocycles. The Morgan fingerprint density at radius 1 is 1.50 bits per heavy atom. The van der Waals surface area contributed by atoms with E-state index in [0.29, 0.717) is 13.0 Å². The fraction of sp³-hybridized carbons (Fsp3) is 0.625. The zero-order valence-electron chi connectivity index (χ0n) is 15.3. The lowest BCUT2D eigenvalue weighted by atomic mass is 10.1. The second kappa shape index (κ2) is 8.65. The molecule has 1 fully saturated rings. The minimum absolute atomic E-state index is 0.0492. The van der Waals surface area contributed by atoms with Crippen molar-refractivity contribution >= 4 is 23.1 Å². The molecule has 0 spiro atoms. The van der Waals surface area contributed by atoms with Crippen LogP contribution in [0.2, 0.25) is 0 Å². The Morgan fingerprint density at radius 2 is 2.29 bits per heavy atom. The van der Waals surface area contributed by atoms with Gasteiger partial charge in [-0.25, -0.2) is 4.98 Å². The zero-order chi connectivity index (χ0) is 20.3. The standard InChI is InChI=1S/C16H25N7O5/c17-4-2-1-3-8(18)15(26)27-6-10-9(24)5-11(28-10)23-7-20-12-13(23)21-16(19)22-14(12)25/h7-11,24H,1-6,17-18H2,(H3,19,21,22,25)/t8-,9-,10+,11+/m0/s1. The van der Waals surface area contributed by atoms with E-state index >= 15 is 0 Å². The number of carbonyl (C=O) groups is 1. The van der Waals surface area contributed by atoms with E-state index in [2.05, 4.69) is 15.0 Å². The lowest BCUT2D eigenvalue weighted by Gasteiger charge is -2.17. The summed E-state index contributed by atoms with van der Waals surface area (Å²) in [6.07, 6.45) is 1.37. The normalized spacial score (nSPS) is 23.2. The summed E-state index contributed by atoms with van der Waals surface area (Å²) in [5.41, 5.74) is 16.7. The summed E-state index contributed by atoms with van der Waals surface area (Å²) < 4.78 is 12.5. The molecule has 0 saturated carbocycles. The number of nitrogens with zero attached hydrogens (tertiary/aromatic N) is 3. The van der Waals surface area contributed by atoms with Gasteiger partial charge in [0.15, 0.2) is 11.2 Å². The van der Waals surface area contributed by atoms with Gasteiger partial charge in [-0.1, -0.05) is 6.42 Å². The molecule has 3 rings (SSSR count). The Hall–Kier alpha value is -2.54. The molecule has 4 atom stereocenters. The van der Waals surface area contributed by atoms with Crippen molar-refractivity contribution in [2.45, 2.75) is 50.2 Å². The molecule has 0 amide bonds. The van der Waals surface area contributed by atoms with Crippen molar-refractivity contribution in [2.75, 3.05) is 18.9 Å². The fourth-order valence-corrected chi connectivity index (χ4v) is 3.09. The number of hydrogen-bond acceptors (Lipinski definition) is 10. The highest BCUT2D eigenvalue weighted by atomic mass is 16.6. The van der Waals surface area contributed by atoms with Crippen molar-refractivity contribution in [2.24, 2.45) is 11.5 Å². The van der Waals surface area contributed by atoms with Gasteiger partial charge in [-0.2, -0.15) is 4.98 Å². The molecule has 28 heavy (non-hydrogen) atoms. The van der Waals surface area contributed by atoms with Gasteiger partial charge in [0.1, 0.15) is 25.0 Å². The summed E-state index contributed by atoms with van der Waals surface area (Å²) in [5.74, 6) is -0.600. The molecule has 0 radical (unpaired) electrons. The summed E-state index contributed by atoms with van der Waals surface area (Å²) in [6.45, 7) is 0.407. The quantitative estimate of drug-likeness (QED) is 0.255. The van der Waals surface area contributed by atoms with Crippen LogP contribution in [-0.4, -0.2) is 62.0 Å². The van der Waals surface area contributed by atoms with Crippen LogP contribution in [-0.2, 0) is 14.3 Å². The molecule has 2 aromatic heterocycles. The van der Waals surface area contributed by atoms with Gasteiger partial charge in [-0.05, 0) is 19.4 Å². The highest BCUT2D eigenvalue weighted by Crippen LogP contribution is 2.30. The molecule has 12 nitrogen and oxygen atoms in total. The van der Waals surface area contributed by atoms with E-state index in [4.69, 9.17) is 26.7 Å². The van der Waals surface area contributed by atoms with Gasteiger partial charge in [0, 0.05) is 6.42 Å². The Kier molecular flexibility index (Phi) is 6.24. The number of nitrogens with one attached hydrogen (secondary N) is 1. The third-order valence-electron chi connectivity index (χ3n) is 4.63. The Balaban J connectivity index is 1.61. The highest BCUT2D eigenvalue weighted by molar-refractivity contribution is 5.75. The maximum absolute atomic E-state index is 12.0. The van der Waals surface area contributed by atoms with Crippen LogP contribution < -0.4 is 22.8 Å². The molecule has 1 aliphatic heterocycles. The number of aliphatic hydroxyl groups is 1. The van der Waals surface area contributed by atoms with E-state index in [0.717, 1.165) is 12.8 Å². The van der Waals surface area contributed by atoms with Gasteiger partial charge < -0.3 is 31.8 Å². The Labute approximate surface area is 160 Å². The molecule has 0 unspecified atom stereocenters. The summed E-state index contributed by atoms with van der Waals surface area (Å²) in [7, 11) is 0. The number of aliphatic hydroxyl groups excluding tert-OH is 1. The molecule has 0 aliphatic carbocycles. The number of anilines is 1. The van der Waals surface area contributed by atoms with E-state index in [1.165, 1.54) is 10.9 Å². The number of fused-ring (bicyclic) bond motifs is 1. The smallest absolute Gasteiger partial charge is 0.323 e. The number of H-pyrrole nitrogens is 1. The number of hydrogen-bond donors (Lipinski definition) is 5. The number of rotatable bonds is 8. The molecule has 12 heteroatoms. The first-order valence-electron chi connectivity index (χ1n) is 9.08. The highest BCUT2D eigenvalue weighted by Gasteiger charge is 2.37. The number of nitrogen functional groups attached to an aromatic ring is 1. The monoisotopic (exact) mass is 395 g/mol. The van der Waals surface area contributed by atoms with Crippen LogP contribution in [0, 0.1) is 0 Å². The number of ether oxygens (including phenoxy) is 2. The predicted molar refractivity (Wildman–Crippen MR) is 98.9 cm³/mol. The fourth-order valence-electron chi connectivity index (χ4n) is 3.09. The van der Waals surface area contributed by atoms with E-state index in [9.17, 15) is 14.7 Å². The number of aromatic amines is 1. The molecular formula is C16H25N7O5. The molecule has 2 aromatic rings. The Bertz CT molecular complexity index is 882. The van der Waals surface area contributed by atoms with Gasteiger partial charge in [0.2, 0.25) is 5.95 Å². The number of carbonyl (C=O) groups excluding carboxylic acids is 1. The minimum atomic E-state index is -0.872. The maximum atomic E-state index is 12.0. The van der Waals surface area contributed by atoms with Gasteiger partial charge in [-0.3, -0.25) is 19.1 Å². The van der Waals surface area contributed by atoms with Crippen molar-refractivity contribution in [1.82, 2.24) is 19.5 Å². The lowest BCUT2D eigenvalue weighted by Crippen LogP contribution is -2.36. The van der Waals surface area contributed by atoms with Gasteiger partial charge >= 0.3 is 5.97 Å². The third kappa shape index (κ3) is 4.30. The minimum Gasteiger partial charge on any atom is -0.462 e. The number of imidazole rings is 1. The van der Waals surface area contributed by atoms with Crippen molar-refractivity contribution < 1.29 is 19.4 Å². The molecule has 1 aliphatic rings. The van der Waals surface area contributed by atoms with E-state index in [1.807, 2.05) is 0 Å². The average molecular weight is 395 g/mol. The van der Waals surface area contributed by atoms with Crippen molar-refractivity contribution in [3.8, 4) is 0 Å². The second-order valence-electron chi connectivity index (χ2n) is 6.73. The lowest BCUT2D eigenvalue weighted by molar-refractivity contribution is -0.151. The van der Waals surface area contributed by atoms with E-state index in [-0.39, 0.29) is 30.1 Å². The summed E-state index contributed by atoms with van der Waals surface area (Å²) >= 11 is 0. The van der Waals surface area contributed by atoms with Crippen LogP contribution in [0.25, 0.3) is 11.2 Å². The number of nitrogens with two attached hydrogens (primary N) is 3. The number of unbranched alkanes of at least 4 members (excludes halogenated alkanes) is 1. The molecule has 0 aromatic carbocycles. The second-order valence-corrected chi connectivity index (χ2v) is 6.73.